The first-order chi connectivity index (χ1) is 10.3. The zero-order chi connectivity index (χ0) is 16.6. The van der Waals surface area contributed by atoms with Gasteiger partial charge in [0.2, 0.25) is 5.91 Å². The van der Waals surface area contributed by atoms with Crippen molar-refractivity contribution in [2.24, 2.45) is 5.73 Å². The summed E-state index contributed by atoms with van der Waals surface area (Å²) in [6, 6.07) is 2.43. The van der Waals surface area contributed by atoms with Crippen LogP contribution in [0.15, 0.2) is 18.2 Å². The minimum atomic E-state index is -4.65. The van der Waals surface area contributed by atoms with E-state index in [1.807, 2.05) is 0 Å². The van der Waals surface area contributed by atoms with E-state index in [1.54, 1.807) is 0 Å². The van der Waals surface area contributed by atoms with Crippen molar-refractivity contribution in [1.29, 1.82) is 0 Å². The van der Waals surface area contributed by atoms with E-state index in [0.717, 1.165) is 31.4 Å². The molecule has 0 bridgehead atoms. The molecular formula is C15H21ClF4N2O. The number of alkyl halides is 3. The third-order valence-corrected chi connectivity index (χ3v) is 3.21. The second kappa shape index (κ2) is 10.4. The first-order valence-electron chi connectivity index (χ1n) is 7.17. The zero-order valence-corrected chi connectivity index (χ0v) is 13.4. The Hall–Kier alpha value is -1.34. The van der Waals surface area contributed by atoms with Crippen LogP contribution in [0.1, 0.15) is 43.2 Å². The zero-order valence-electron chi connectivity index (χ0n) is 12.6. The van der Waals surface area contributed by atoms with Crippen LogP contribution in [0.3, 0.4) is 0 Å². The molecule has 1 amide bonds. The quantitative estimate of drug-likeness (QED) is 0.550. The molecule has 0 fully saturated rings. The van der Waals surface area contributed by atoms with Gasteiger partial charge >= 0.3 is 6.18 Å². The van der Waals surface area contributed by atoms with Crippen LogP contribution in [-0.4, -0.2) is 12.5 Å². The molecule has 1 aromatic carbocycles. The van der Waals surface area contributed by atoms with Crippen LogP contribution in [0.2, 0.25) is 0 Å². The lowest BCUT2D eigenvalue weighted by Crippen LogP contribution is -2.24. The number of nitrogens with two attached hydrogens (primary N) is 1. The number of rotatable bonds is 8. The highest BCUT2D eigenvalue weighted by molar-refractivity contribution is 5.85. The van der Waals surface area contributed by atoms with Gasteiger partial charge in [-0.2, -0.15) is 13.2 Å². The van der Waals surface area contributed by atoms with E-state index in [-0.39, 0.29) is 36.8 Å². The molecule has 1 rings (SSSR count). The third-order valence-electron chi connectivity index (χ3n) is 3.21. The van der Waals surface area contributed by atoms with Crippen molar-refractivity contribution in [3.05, 3.63) is 35.1 Å². The van der Waals surface area contributed by atoms with Gasteiger partial charge < -0.3 is 11.1 Å². The molecule has 0 spiro atoms. The molecule has 1 aromatic rings. The molecule has 3 nitrogen and oxygen atoms in total. The molecule has 0 saturated heterocycles. The van der Waals surface area contributed by atoms with E-state index < -0.39 is 17.6 Å². The van der Waals surface area contributed by atoms with Gasteiger partial charge in [0.05, 0.1) is 5.56 Å². The van der Waals surface area contributed by atoms with Gasteiger partial charge in [-0.1, -0.05) is 18.9 Å². The fraction of sp³-hybridized carbons (Fsp3) is 0.533. The van der Waals surface area contributed by atoms with Crippen molar-refractivity contribution in [2.45, 2.75) is 44.8 Å². The molecule has 23 heavy (non-hydrogen) atoms. The maximum absolute atomic E-state index is 12.9. The number of hydrogen-bond acceptors (Lipinski definition) is 2. The smallest absolute Gasteiger partial charge is 0.352 e. The van der Waals surface area contributed by atoms with Gasteiger partial charge in [0.15, 0.2) is 0 Å². The van der Waals surface area contributed by atoms with Gasteiger partial charge in [-0.05, 0) is 37.1 Å². The lowest BCUT2D eigenvalue weighted by molar-refractivity contribution is -0.138. The molecular weight excluding hydrogens is 336 g/mol. The first-order valence-corrected chi connectivity index (χ1v) is 7.17. The van der Waals surface area contributed by atoms with Crippen LogP contribution in [-0.2, 0) is 17.5 Å². The van der Waals surface area contributed by atoms with Gasteiger partial charge in [-0.3, -0.25) is 4.79 Å². The summed E-state index contributed by atoms with van der Waals surface area (Å²) in [4.78, 5) is 11.6. The highest BCUT2D eigenvalue weighted by Gasteiger charge is 2.33. The van der Waals surface area contributed by atoms with E-state index in [1.165, 1.54) is 0 Å². The third kappa shape index (κ3) is 8.18. The molecule has 0 aromatic heterocycles. The van der Waals surface area contributed by atoms with Gasteiger partial charge in [-0.25, -0.2) is 4.39 Å². The van der Waals surface area contributed by atoms with Crippen LogP contribution in [0, 0.1) is 5.82 Å². The lowest BCUT2D eigenvalue weighted by Gasteiger charge is -2.13. The second-order valence-corrected chi connectivity index (χ2v) is 5.03. The maximum atomic E-state index is 12.9. The van der Waals surface area contributed by atoms with Crippen molar-refractivity contribution in [1.82, 2.24) is 5.32 Å². The SMILES string of the molecule is Cl.NCCCCCCC(=O)NCc1ccc(F)cc1C(F)(F)F. The Morgan fingerprint density at radius 1 is 1.13 bits per heavy atom. The molecule has 132 valence electrons. The Balaban J connectivity index is 0.00000484. The Morgan fingerprint density at radius 2 is 1.78 bits per heavy atom. The van der Waals surface area contributed by atoms with E-state index in [0.29, 0.717) is 19.0 Å². The van der Waals surface area contributed by atoms with Crippen LogP contribution in [0.5, 0.6) is 0 Å². The summed E-state index contributed by atoms with van der Waals surface area (Å²) in [6.45, 7) is 0.341. The Morgan fingerprint density at radius 3 is 2.39 bits per heavy atom. The van der Waals surface area contributed by atoms with Crippen molar-refractivity contribution in [2.75, 3.05) is 6.54 Å². The normalized spacial score (nSPS) is 11.0. The fourth-order valence-electron chi connectivity index (χ4n) is 2.03. The summed E-state index contributed by atoms with van der Waals surface area (Å²) in [7, 11) is 0. The van der Waals surface area contributed by atoms with Gasteiger partial charge in [0.1, 0.15) is 5.82 Å². The van der Waals surface area contributed by atoms with Crippen LogP contribution in [0.25, 0.3) is 0 Å². The number of benzene rings is 1. The molecule has 0 heterocycles. The van der Waals surface area contributed by atoms with Crippen molar-refractivity contribution in [3.63, 3.8) is 0 Å². The maximum Gasteiger partial charge on any atom is 0.416 e. The van der Waals surface area contributed by atoms with E-state index in [9.17, 15) is 22.4 Å². The minimum Gasteiger partial charge on any atom is -0.352 e. The number of unbranched alkanes of at least 4 members (excludes halogenated alkanes) is 3. The molecule has 3 N–H and O–H groups in total. The standard InChI is InChI=1S/C15H20F4N2O.ClH/c16-12-7-6-11(13(9-12)15(17,18)19)10-21-14(22)5-3-1-2-4-8-20;/h6-7,9H,1-5,8,10,20H2,(H,21,22);1H. The van der Waals surface area contributed by atoms with Gasteiger partial charge in [-0.15, -0.1) is 12.4 Å². The largest absolute Gasteiger partial charge is 0.416 e. The predicted molar refractivity (Wildman–Crippen MR) is 82.6 cm³/mol. The number of carbonyl (C=O) groups excluding carboxylic acids is 1. The molecule has 0 aliphatic heterocycles. The number of carbonyl (C=O) groups is 1. The minimum absolute atomic E-state index is 0. The van der Waals surface area contributed by atoms with E-state index in [4.69, 9.17) is 5.73 Å². The molecule has 0 saturated carbocycles. The summed E-state index contributed by atoms with van der Waals surface area (Å²) < 4.78 is 51.3. The highest BCUT2D eigenvalue weighted by atomic mass is 35.5. The fourth-order valence-corrected chi connectivity index (χ4v) is 2.03. The van der Waals surface area contributed by atoms with Gasteiger partial charge in [0.25, 0.3) is 0 Å². The van der Waals surface area contributed by atoms with Crippen LogP contribution >= 0.6 is 12.4 Å². The van der Waals surface area contributed by atoms with Crippen molar-refractivity contribution < 1.29 is 22.4 Å². The Labute approximate surface area is 139 Å². The van der Waals surface area contributed by atoms with Gasteiger partial charge in [0, 0.05) is 13.0 Å². The Kier molecular flexibility index (Phi) is 9.83. The molecule has 0 aliphatic carbocycles. The summed E-state index contributed by atoms with van der Waals surface area (Å²) in [6.07, 6.45) is -1.04. The van der Waals surface area contributed by atoms with E-state index in [2.05, 4.69) is 5.32 Å². The van der Waals surface area contributed by atoms with Crippen molar-refractivity contribution in [3.8, 4) is 0 Å². The predicted octanol–water partition coefficient (Wildman–Crippen LogP) is 3.79. The average Bonchev–Trinajstić information content (AvgIpc) is 2.44. The lowest BCUT2D eigenvalue weighted by atomic mass is 10.1. The van der Waals surface area contributed by atoms with Crippen LogP contribution < -0.4 is 11.1 Å². The summed E-state index contributed by atoms with van der Waals surface area (Å²) in [5.41, 5.74) is 4.14. The number of hydrogen-bond donors (Lipinski definition) is 2. The van der Waals surface area contributed by atoms with Crippen molar-refractivity contribution >= 4 is 18.3 Å². The molecule has 8 heteroatoms. The monoisotopic (exact) mass is 356 g/mol. The van der Waals surface area contributed by atoms with Crippen LogP contribution in [0.4, 0.5) is 17.6 Å². The summed E-state index contributed by atoms with van der Waals surface area (Å²) in [5.74, 6) is -1.27. The summed E-state index contributed by atoms with van der Waals surface area (Å²) in [5, 5.41) is 2.44. The molecule has 0 radical (unpaired) electrons. The number of halogens is 5. The molecule has 0 atom stereocenters. The second-order valence-electron chi connectivity index (χ2n) is 5.03. The highest BCUT2D eigenvalue weighted by Crippen LogP contribution is 2.32. The van der Waals surface area contributed by atoms with E-state index >= 15 is 0 Å². The molecule has 0 unspecified atom stereocenters. The number of amides is 1. The topological polar surface area (TPSA) is 55.1 Å². The average molecular weight is 357 g/mol. The first kappa shape index (κ1) is 21.7. The summed E-state index contributed by atoms with van der Waals surface area (Å²) >= 11 is 0. The molecule has 0 aliphatic rings. The number of nitrogens with one attached hydrogen (secondary N) is 1. The Bertz CT molecular complexity index is 495.